The van der Waals surface area contributed by atoms with Crippen LogP contribution in [0.1, 0.15) is 34.6 Å². The zero-order valence-corrected chi connectivity index (χ0v) is 31.2. The molecule has 4 aromatic rings. The minimum Gasteiger partial charge on any atom is -0.491 e. The fourth-order valence-electron chi connectivity index (χ4n) is 4.77. The summed E-state index contributed by atoms with van der Waals surface area (Å²) >= 11 is 0. The number of carbonyl (C=O) groups excluding carboxylic acids is 2. The SMILES string of the molecule is CC1(COCOc2ccc(OC(=O)c3ccc(OCOCC4(C)CO4)cc3)cc2)CO1.O=C(Oc1ccc(OCC2CO2)cc1)c1ccc(OCC2CO2)cc1. The first-order chi connectivity index (χ1) is 27.2. The Labute approximate surface area is 324 Å². The molecule has 4 aliphatic rings. The normalized spacial score (nSPS) is 22.4. The van der Waals surface area contributed by atoms with Gasteiger partial charge in [-0.25, -0.2) is 9.59 Å². The predicted molar refractivity (Wildman–Crippen MR) is 198 cm³/mol. The van der Waals surface area contributed by atoms with E-state index in [4.69, 9.17) is 56.8 Å². The highest BCUT2D eigenvalue weighted by Crippen LogP contribution is 2.27. The van der Waals surface area contributed by atoms with Crippen LogP contribution in [0, 0.1) is 0 Å². The van der Waals surface area contributed by atoms with Gasteiger partial charge in [-0.2, -0.15) is 0 Å². The molecule has 4 fully saturated rings. The Balaban J connectivity index is 0.000000175. The molecule has 8 rings (SSSR count). The monoisotopic (exact) mass is 772 g/mol. The van der Waals surface area contributed by atoms with Gasteiger partial charge in [0.25, 0.3) is 0 Å². The summed E-state index contributed by atoms with van der Waals surface area (Å²) in [7, 11) is 0. The third kappa shape index (κ3) is 12.9. The molecule has 4 saturated heterocycles. The molecule has 4 unspecified atom stereocenters. The minimum atomic E-state index is -0.462. The van der Waals surface area contributed by atoms with Gasteiger partial charge in [-0.1, -0.05) is 0 Å². The van der Waals surface area contributed by atoms with Gasteiger partial charge in [-0.05, 0) is 111 Å². The van der Waals surface area contributed by atoms with Gasteiger partial charge in [0.2, 0.25) is 0 Å². The summed E-state index contributed by atoms with van der Waals surface area (Å²) in [5, 5.41) is 0. The van der Waals surface area contributed by atoms with E-state index in [-0.39, 0.29) is 37.0 Å². The molecule has 0 saturated carbocycles. The molecular weight excluding hydrogens is 728 g/mol. The molecule has 0 radical (unpaired) electrons. The summed E-state index contributed by atoms with van der Waals surface area (Å²) in [5.41, 5.74) is 0.542. The van der Waals surface area contributed by atoms with Crippen molar-refractivity contribution in [3.8, 4) is 34.5 Å². The standard InChI is InChI=1S/C23H26O8.C19H18O6/c1-22(13-29-22)11-25-15-27-18-5-3-17(4-6-18)21(24)31-20-9-7-19(8-10-20)28-16-26-12-23(2)14-30-23;20-19(13-1-3-14(4-2-13)21-9-17-11-23-17)25-16-7-5-15(6-8-16)22-10-18-12-24-18/h3-10H,11-16H2,1-2H3;1-8,17-18H,9-12H2. The average Bonchev–Trinajstić information content (AvgIpc) is 3.99. The molecular formula is C42H44O14. The predicted octanol–water partition coefficient (Wildman–Crippen LogP) is 5.65. The van der Waals surface area contributed by atoms with Crippen molar-refractivity contribution in [1.29, 1.82) is 0 Å². The maximum atomic E-state index is 12.3. The summed E-state index contributed by atoms with van der Waals surface area (Å²) in [5.74, 6) is 2.64. The Kier molecular flexibility index (Phi) is 12.7. The number of benzene rings is 4. The van der Waals surface area contributed by atoms with Crippen LogP contribution >= 0.6 is 0 Å². The highest BCUT2D eigenvalue weighted by molar-refractivity contribution is 5.91. The largest absolute Gasteiger partial charge is 0.491 e. The maximum absolute atomic E-state index is 12.3. The zero-order chi connectivity index (χ0) is 38.8. The van der Waals surface area contributed by atoms with E-state index in [1.165, 1.54) is 0 Å². The van der Waals surface area contributed by atoms with Crippen LogP contribution in [-0.2, 0) is 28.4 Å². The molecule has 0 bridgehead atoms. The van der Waals surface area contributed by atoms with E-state index in [0.717, 1.165) is 19.0 Å². The molecule has 296 valence electrons. The van der Waals surface area contributed by atoms with Crippen LogP contribution < -0.4 is 28.4 Å². The highest BCUT2D eigenvalue weighted by atomic mass is 16.7. The van der Waals surface area contributed by atoms with Crippen LogP contribution in [0.15, 0.2) is 97.1 Å². The zero-order valence-electron chi connectivity index (χ0n) is 31.2. The lowest BCUT2D eigenvalue weighted by atomic mass is 10.2. The topological polar surface area (TPSA) is 158 Å². The quantitative estimate of drug-likeness (QED) is 0.0357. The third-order valence-electron chi connectivity index (χ3n) is 8.63. The molecule has 0 aliphatic carbocycles. The first-order valence-electron chi connectivity index (χ1n) is 18.2. The Morgan fingerprint density at radius 2 is 0.821 bits per heavy atom. The first kappa shape index (κ1) is 39.0. The minimum absolute atomic E-state index is 0.120. The Morgan fingerprint density at radius 3 is 1.14 bits per heavy atom. The van der Waals surface area contributed by atoms with E-state index in [1.54, 1.807) is 97.1 Å². The van der Waals surface area contributed by atoms with Crippen molar-refractivity contribution < 1.29 is 66.4 Å². The van der Waals surface area contributed by atoms with Crippen molar-refractivity contribution in [2.24, 2.45) is 0 Å². The number of rotatable bonds is 20. The van der Waals surface area contributed by atoms with Crippen LogP contribution in [0.2, 0.25) is 0 Å². The molecule has 0 aromatic heterocycles. The summed E-state index contributed by atoms with van der Waals surface area (Å²) in [4.78, 5) is 24.5. The lowest BCUT2D eigenvalue weighted by molar-refractivity contribution is -0.00715. The van der Waals surface area contributed by atoms with Gasteiger partial charge >= 0.3 is 11.9 Å². The van der Waals surface area contributed by atoms with E-state index in [9.17, 15) is 9.59 Å². The number of esters is 2. The summed E-state index contributed by atoms with van der Waals surface area (Å²) in [6, 6.07) is 27.2. The molecule has 14 nitrogen and oxygen atoms in total. The molecule has 0 N–H and O–H groups in total. The van der Waals surface area contributed by atoms with Crippen molar-refractivity contribution in [3.63, 3.8) is 0 Å². The van der Waals surface area contributed by atoms with Gasteiger partial charge in [0.05, 0.1) is 50.8 Å². The highest BCUT2D eigenvalue weighted by Gasteiger charge is 2.40. The van der Waals surface area contributed by atoms with E-state index in [1.807, 2.05) is 13.8 Å². The fourth-order valence-corrected chi connectivity index (χ4v) is 4.77. The number of ether oxygens (including phenoxy) is 12. The lowest BCUT2D eigenvalue weighted by Crippen LogP contribution is -2.17. The third-order valence-corrected chi connectivity index (χ3v) is 8.63. The number of carbonyl (C=O) groups is 2. The summed E-state index contributed by atoms with van der Waals surface area (Å²) in [6.45, 7) is 9.21. The van der Waals surface area contributed by atoms with Gasteiger partial charge in [-0.3, -0.25) is 0 Å². The van der Waals surface area contributed by atoms with Gasteiger partial charge < -0.3 is 56.8 Å². The van der Waals surface area contributed by atoms with E-state index in [2.05, 4.69) is 0 Å². The van der Waals surface area contributed by atoms with Crippen LogP contribution in [0.3, 0.4) is 0 Å². The van der Waals surface area contributed by atoms with Crippen molar-refractivity contribution in [1.82, 2.24) is 0 Å². The van der Waals surface area contributed by atoms with Gasteiger partial charge in [0.1, 0.15) is 71.1 Å². The number of hydrogen-bond donors (Lipinski definition) is 0. The number of epoxide rings is 4. The molecule has 4 aliphatic heterocycles. The van der Waals surface area contributed by atoms with Crippen molar-refractivity contribution in [2.75, 3.05) is 66.4 Å². The Morgan fingerprint density at radius 1 is 0.518 bits per heavy atom. The fraction of sp³-hybridized carbons (Fsp3) is 0.381. The summed E-state index contributed by atoms with van der Waals surface area (Å²) in [6.07, 6.45) is 0.412. The summed E-state index contributed by atoms with van der Waals surface area (Å²) < 4.78 is 64.3. The Bertz CT molecular complexity index is 1860. The van der Waals surface area contributed by atoms with E-state index < -0.39 is 11.9 Å². The second-order valence-electron chi connectivity index (χ2n) is 14.0. The molecule has 0 spiro atoms. The van der Waals surface area contributed by atoms with Gasteiger partial charge in [0.15, 0.2) is 13.6 Å². The van der Waals surface area contributed by atoms with Gasteiger partial charge in [0, 0.05) is 0 Å². The van der Waals surface area contributed by atoms with Crippen molar-refractivity contribution >= 4 is 11.9 Å². The molecule has 0 amide bonds. The Hall–Kier alpha value is -5.22. The number of hydrogen-bond acceptors (Lipinski definition) is 14. The van der Waals surface area contributed by atoms with Gasteiger partial charge in [-0.15, -0.1) is 0 Å². The molecule has 4 heterocycles. The van der Waals surface area contributed by atoms with Crippen molar-refractivity contribution in [2.45, 2.75) is 37.3 Å². The smallest absolute Gasteiger partial charge is 0.343 e. The molecule has 4 atom stereocenters. The van der Waals surface area contributed by atoms with E-state index in [0.29, 0.717) is 79.5 Å². The van der Waals surface area contributed by atoms with Crippen LogP contribution in [0.4, 0.5) is 0 Å². The second-order valence-corrected chi connectivity index (χ2v) is 14.0. The molecule has 56 heavy (non-hydrogen) atoms. The van der Waals surface area contributed by atoms with Crippen molar-refractivity contribution in [3.05, 3.63) is 108 Å². The van der Waals surface area contributed by atoms with Crippen LogP contribution in [0.5, 0.6) is 34.5 Å². The molecule has 4 aromatic carbocycles. The maximum Gasteiger partial charge on any atom is 0.343 e. The van der Waals surface area contributed by atoms with Crippen LogP contribution in [-0.4, -0.2) is 102 Å². The second kappa shape index (κ2) is 18.2. The van der Waals surface area contributed by atoms with Crippen LogP contribution in [0.25, 0.3) is 0 Å². The molecule has 14 heteroatoms. The average molecular weight is 773 g/mol. The lowest BCUT2D eigenvalue weighted by Gasteiger charge is -2.10. The first-order valence-corrected chi connectivity index (χ1v) is 18.2. The van der Waals surface area contributed by atoms with E-state index >= 15 is 0 Å².